The van der Waals surface area contributed by atoms with Gasteiger partial charge < -0.3 is 10.4 Å². The zero-order valence-corrected chi connectivity index (χ0v) is 11.8. The summed E-state index contributed by atoms with van der Waals surface area (Å²) in [5, 5.41) is 17.3. The number of nitrogens with one attached hydrogen (secondary N) is 1. The number of hydrogen-bond donors (Lipinski definition) is 2. The van der Waals surface area contributed by atoms with Crippen LogP contribution in [0.3, 0.4) is 0 Å². The maximum atomic E-state index is 11.9. The molecule has 2 aromatic heterocycles. The smallest absolute Gasteiger partial charge is 0.252 e. The minimum absolute atomic E-state index is 0.144. The van der Waals surface area contributed by atoms with Crippen LogP contribution >= 0.6 is 11.3 Å². The number of aryl methyl sites for hydroxylation is 1. The fourth-order valence-electron chi connectivity index (χ4n) is 1.54. The van der Waals surface area contributed by atoms with Gasteiger partial charge in [0.25, 0.3) is 5.91 Å². The maximum Gasteiger partial charge on any atom is 0.252 e. The van der Waals surface area contributed by atoms with Crippen molar-refractivity contribution in [3.05, 3.63) is 34.0 Å². The van der Waals surface area contributed by atoms with Gasteiger partial charge in [-0.05, 0) is 6.07 Å². The van der Waals surface area contributed by atoms with Gasteiger partial charge in [0, 0.05) is 25.4 Å². The summed E-state index contributed by atoms with van der Waals surface area (Å²) in [5.74, 6) is 5.88. The third kappa shape index (κ3) is 3.91. The van der Waals surface area contributed by atoms with Crippen molar-refractivity contribution in [1.29, 1.82) is 0 Å². The van der Waals surface area contributed by atoms with Gasteiger partial charge in [-0.2, -0.15) is 5.10 Å². The minimum Gasteiger partial charge on any atom is -0.384 e. The Morgan fingerprint density at radius 1 is 1.60 bits per heavy atom. The Hall–Kier alpha value is -2.17. The Labute approximate surface area is 120 Å². The summed E-state index contributed by atoms with van der Waals surface area (Å²) < 4.78 is 1.63. The van der Waals surface area contributed by atoms with Crippen LogP contribution in [-0.4, -0.2) is 38.9 Å². The SMILES string of the molecule is Cn1cnc(CCNC(=O)c2csc(C#CCO)c2)n1. The van der Waals surface area contributed by atoms with Crippen LogP contribution in [0.5, 0.6) is 0 Å². The van der Waals surface area contributed by atoms with E-state index in [1.54, 1.807) is 29.5 Å². The second kappa shape index (κ2) is 6.84. The van der Waals surface area contributed by atoms with Gasteiger partial charge in [0.1, 0.15) is 12.9 Å². The van der Waals surface area contributed by atoms with E-state index < -0.39 is 0 Å². The highest BCUT2D eigenvalue weighted by atomic mass is 32.1. The van der Waals surface area contributed by atoms with Crippen molar-refractivity contribution in [2.24, 2.45) is 7.05 Å². The molecule has 2 aromatic rings. The van der Waals surface area contributed by atoms with Gasteiger partial charge in [0.2, 0.25) is 0 Å². The lowest BCUT2D eigenvalue weighted by Crippen LogP contribution is -2.25. The summed E-state index contributed by atoms with van der Waals surface area (Å²) in [6.07, 6.45) is 2.22. The maximum absolute atomic E-state index is 11.9. The molecule has 6 nitrogen and oxygen atoms in total. The first-order valence-electron chi connectivity index (χ1n) is 6.00. The number of thiophene rings is 1. The van der Waals surface area contributed by atoms with Crippen LogP contribution in [-0.2, 0) is 13.5 Å². The largest absolute Gasteiger partial charge is 0.384 e. The molecule has 0 aromatic carbocycles. The van der Waals surface area contributed by atoms with Crippen molar-refractivity contribution >= 4 is 17.2 Å². The average molecular weight is 290 g/mol. The number of rotatable bonds is 4. The molecule has 0 fully saturated rings. The van der Waals surface area contributed by atoms with Gasteiger partial charge in [0.05, 0.1) is 10.4 Å². The highest BCUT2D eigenvalue weighted by molar-refractivity contribution is 7.10. The van der Waals surface area contributed by atoms with Crippen molar-refractivity contribution in [1.82, 2.24) is 20.1 Å². The number of aliphatic hydroxyl groups is 1. The highest BCUT2D eigenvalue weighted by Gasteiger charge is 2.08. The lowest BCUT2D eigenvalue weighted by atomic mass is 10.3. The van der Waals surface area contributed by atoms with Gasteiger partial charge in [-0.25, -0.2) is 4.98 Å². The molecule has 0 unspecified atom stereocenters. The van der Waals surface area contributed by atoms with E-state index in [0.717, 1.165) is 4.88 Å². The van der Waals surface area contributed by atoms with Gasteiger partial charge in [-0.3, -0.25) is 9.48 Å². The normalized spacial score (nSPS) is 9.90. The van der Waals surface area contributed by atoms with Crippen LogP contribution in [0.25, 0.3) is 0 Å². The average Bonchev–Trinajstić information content (AvgIpc) is 3.05. The molecule has 20 heavy (non-hydrogen) atoms. The van der Waals surface area contributed by atoms with Gasteiger partial charge in [-0.15, -0.1) is 11.3 Å². The van der Waals surface area contributed by atoms with Crippen LogP contribution in [0.2, 0.25) is 0 Å². The Morgan fingerprint density at radius 2 is 2.45 bits per heavy atom. The van der Waals surface area contributed by atoms with E-state index in [9.17, 15) is 4.79 Å². The molecule has 2 rings (SSSR count). The standard InChI is InChI=1S/C13H14N4O2S/c1-17-9-15-12(16-17)4-5-14-13(19)10-7-11(20-8-10)3-2-6-18/h7-9,18H,4-6H2,1H3,(H,14,19). The Morgan fingerprint density at radius 3 is 3.15 bits per heavy atom. The molecular weight excluding hydrogens is 276 g/mol. The predicted octanol–water partition coefficient (Wildman–Crippen LogP) is 0.193. The lowest BCUT2D eigenvalue weighted by Gasteiger charge is -2.00. The topological polar surface area (TPSA) is 80.0 Å². The number of amides is 1. The molecule has 0 aliphatic rings. The van der Waals surface area contributed by atoms with E-state index in [4.69, 9.17) is 5.11 Å². The van der Waals surface area contributed by atoms with Crippen molar-refractivity contribution in [2.75, 3.05) is 13.2 Å². The summed E-state index contributed by atoms with van der Waals surface area (Å²) in [7, 11) is 1.80. The highest BCUT2D eigenvalue weighted by Crippen LogP contribution is 2.13. The zero-order chi connectivity index (χ0) is 14.4. The van der Waals surface area contributed by atoms with Crippen molar-refractivity contribution in [3.63, 3.8) is 0 Å². The summed E-state index contributed by atoms with van der Waals surface area (Å²) in [4.78, 5) is 16.7. The second-order valence-corrected chi connectivity index (χ2v) is 4.91. The third-order valence-electron chi connectivity index (χ3n) is 2.43. The van der Waals surface area contributed by atoms with E-state index in [0.29, 0.717) is 24.4 Å². The second-order valence-electron chi connectivity index (χ2n) is 4.00. The zero-order valence-electron chi connectivity index (χ0n) is 11.0. The molecule has 0 spiro atoms. The number of carbonyl (C=O) groups excluding carboxylic acids is 1. The first kappa shape index (κ1) is 14.2. The minimum atomic E-state index is -0.184. The van der Waals surface area contributed by atoms with Crippen LogP contribution in [0.1, 0.15) is 21.1 Å². The molecule has 0 radical (unpaired) electrons. The van der Waals surface area contributed by atoms with E-state index in [1.807, 2.05) is 0 Å². The number of aliphatic hydroxyl groups excluding tert-OH is 1. The van der Waals surface area contributed by atoms with Crippen LogP contribution in [0.4, 0.5) is 0 Å². The third-order valence-corrected chi connectivity index (χ3v) is 3.28. The molecule has 0 bridgehead atoms. The molecule has 0 aliphatic carbocycles. The molecule has 2 heterocycles. The number of nitrogens with zero attached hydrogens (tertiary/aromatic N) is 3. The van der Waals surface area contributed by atoms with Gasteiger partial charge in [-0.1, -0.05) is 11.8 Å². The summed E-state index contributed by atoms with van der Waals surface area (Å²) >= 11 is 1.38. The van der Waals surface area contributed by atoms with Gasteiger partial charge in [0.15, 0.2) is 5.82 Å². The summed E-state index contributed by atoms with van der Waals surface area (Å²) in [6.45, 7) is 0.298. The first-order chi connectivity index (χ1) is 9.69. The fourth-order valence-corrected chi connectivity index (χ4v) is 2.29. The van der Waals surface area contributed by atoms with Gasteiger partial charge >= 0.3 is 0 Å². The number of aromatic nitrogens is 3. The Balaban J connectivity index is 1.84. The summed E-state index contributed by atoms with van der Waals surface area (Å²) in [5.41, 5.74) is 0.575. The molecule has 0 aliphatic heterocycles. The monoisotopic (exact) mass is 290 g/mol. The molecule has 7 heteroatoms. The molecule has 0 atom stereocenters. The molecule has 0 saturated heterocycles. The quantitative estimate of drug-likeness (QED) is 0.788. The fraction of sp³-hybridized carbons (Fsp3) is 0.308. The molecule has 104 valence electrons. The first-order valence-corrected chi connectivity index (χ1v) is 6.88. The van der Waals surface area contributed by atoms with E-state index >= 15 is 0 Å². The molecular formula is C13H14N4O2S. The van der Waals surface area contributed by atoms with Crippen molar-refractivity contribution in [3.8, 4) is 11.8 Å². The van der Waals surface area contributed by atoms with Crippen molar-refractivity contribution in [2.45, 2.75) is 6.42 Å². The van der Waals surface area contributed by atoms with E-state index in [2.05, 4.69) is 27.2 Å². The van der Waals surface area contributed by atoms with Crippen LogP contribution in [0, 0.1) is 11.8 Å². The van der Waals surface area contributed by atoms with Crippen LogP contribution in [0.15, 0.2) is 17.8 Å². The molecule has 1 amide bonds. The van der Waals surface area contributed by atoms with E-state index in [-0.39, 0.29) is 12.5 Å². The van der Waals surface area contributed by atoms with Crippen LogP contribution < -0.4 is 5.32 Å². The number of hydrogen-bond acceptors (Lipinski definition) is 5. The Kier molecular flexibility index (Phi) is 4.87. The van der Waals surface area contributed by atoms with E-state index in [1.165, 1.54) is 11.3 Å². The lowest BCUT2D eigenvalue weighted by molar-refractivity contribution is 0.0954. The van der Waals surface area contributed by atoms with Crippen molar-refractivity contribution < 1.29 is 9.90 Å². The Bertz CT molecular complexity index is 651. The molecule has 0 saturated carbocycles. The summed E-state index contributed by atoms with van der Waals surface area (Å²) in [6, 6.07) is 1.71. The molecule has 2 N–H and O–H groups in total. The number of carbonyl (C=O) groups is 1. The predicted molar refractivity (Wildman–Crippen MR) is 75.3 cm³/mol.